The minimum atomic E-state index is -0.371. The minimum absolute atomic E-state index is 0.0196. The van der Waals surface area contributed by atoms with E-state index in [9.17, 15) is 9.59 Å². The molecule has 0 saturated heterocycles. The molecule has 7 heteroatoms. The molecule has 1 aromatic carbocycles. The largest absolute Gasteiger partial charge is 0.489 e. The lowest BCUT2D eigenvalue weighted by Gasteiger charge is -2.14. The lowest BCUT2D eigenvalue weighted by atomic mass is 10.1. The Hall–Kier alpha value is -2.93. The number of anilines is 1. The van der Waals surface area contributed by atoms with E-state index in [1.807, 2.05) is 19.9 Å². The number of nitrogens with zero attached hydrogens (tertiary/aromatic N) is 1. The molecule has 0 radical (unpaired) electrons. The zero-order chi connectivity index (χ0) is 18.9. The van der Waals surface area contributed by atoms with E-state index in [-0.39, 0.29) is 23.5 Å². The molecule has 7 nitrogen and oxygen atoms in total. The van der Waals surface area contributed by atoms with Crippen molar-refractivity contribution < 1.29 is 19.1 Å². The highest BCUT2D eigenvalue weighted by Gasteiger charge is 2.13. The fourth-order valence-corrected chi connectivity index (χ4v) is 2.18. The van der Waals surface area contributed by atoms with Crippen LogP contribution in [0.5, 0.6) is 5.75 Å². The molecule has 0 fully saturated rings. The topological polar surface area (TPSA) is 89.5 Å². The van der Waals surface area contributed by atoms with E-state index in [0.29, 0.717) is 30.2 Å². The SMILES string of the molecule is COCCNC(=O)c1cncc(C(=O)Nc2ccccc2OC(C)C)c1. The fraction of sp³-hybridized carbons (Fsp3) is 0.316. The second-order valence-corrected chi connectivity index (χ2v) is 5.83. The van der Waals surface area contributed by atoms with Crippen molar-refractivity contribution in [3.8, 4) is 5.75 Å². The van der Waals surface area contributed by atoms with Gasteiger partial charge >= 0.3 is 0 Å². The average Bonchev–Trinajstić information content (AvgIpc) is 2.63. The van der Waals surface area contributed by atoms with E-state index in [0.717, 1.165) is 0 Å². The Balaban J connectivity index is 2.11. The van der Waals surface area contributed by atoms with E-state index in [2.05, 4.69) is 15.6 Å². The summed E-state index contributed by atoms with van der Waals surface area (Å²) in [5.41, 5.74) is 1.14. The number of carbonyl (C=O) groups is 2. The van der Waals surface area contributed by atoms with Crippen LogP contribution in [0, 0.1) is 0 Å². The zero-order valence-corrected chi connectivity index (χ0v) is 15.1. The smallest absolute Gasteiger partial charge is 0.257 e. The highest BCUT2D eigenvalue weighted by Crippen LogP contribution is 2.25. The predicted octanol–water partition coefficient (Wildman–Crippen LogP) is 2.50. The van der Waals surface area contributed by atoms with Gasteiger partial charge in [0.2, 0.25) is 0 Å². The monoisotopic (exact) mass is 357 g/mol. The molecular weight excluding hydrogens is 334 g/mol. The molecule has 2 N–H and O–H groups in total. The molecule has 0 aliphatic rings. The zero-order valence-electron chi connectivity index (χ0n) is 15.1. The van der Waals surface area contributed by atoms with Gasteiger partial charge in [0.25, 0.3) is 11.8 Å². The normalized spacial score (nSPS) is 10.5. The maximum atomic E-state index is 12.5. The van der Waals surface area contributed by atoms with Crippen molar-refractivity contribution in [1.29, 1.82) is 0 Å². The number of hydrogen-bond donors (Lipinski definition) is 2. The van der Waals surface area contributed by atoms with Crippen molar-refractivity contribution in [2.75, 3.05) is 25.6 Å². The van der Waals surface area contributed by atoms with E-state index in [1.54, 1.807) is 25.3 Å². The summed E-state index contributed by atoms with van der Waals surface area (Å²) in [5.74, 6) is -0.103. The Morgan fingerprint density at radius 3 is 2.50 bits per heavy atom. The molecule has 0 atom stereocenters. The molecule has 0 unspecified atom stereocenters. The first-order chi connectivity index (χ1) is 12.5. The number of pyridine rings is 1. The van der Waals surface area contributed by atoms with E-state index < -0.39 is 0 Å². The quantitative estimate of drug-likeness (QED) is 0.709. The molecular formula is C19H23N3O4. The van der Waals surface area contributed by atoms with Gasteiger partial charge in [0.1, 0.15) is 5.75 Å². The first-order valence-electron chi connectivity index (χ1n) is 8.30. The van der Waals surface area contributed by atoms with Crippen LogP contribution in [0.4, 0.5) is 5.69 Å². The van der Waals surface area contributed by atoms with Gasteiger partial charge in [-0.15, -0.1) is 0 Å². The summed E-state index contributed by atoms with van der Waals surface area (Å²) in [6.45, 7) is 4.61. The van der Waals surface area contributed by atoms with Gasteiger partial charge in [-0.05, 0) is 32.0 Å². The third-order valence-electron chi connectivity index (χ3n) is 3.35. The van der Waals surface area contributed by atoms with Crippen LogP contribution in [0.2, 0.25) is 0 Å². The van der Waals surface area contributed by atoms with Crippen molar-refractivity contribution in [2.24, 2.45) is 0 Å². The van der Waals surface area contributed by atoms with Gasteiger partial charge < -0.3 is 20.1 Å². The van der Waals surface area contributed by atoms with Crippen LogP contribution in [-0.4, -0.2) is 43.2 Å². The molecule has 2 rings (SSSR count). The van der Waals surface area contributed by atoms with Crippen LogP contribution in [-0.2, 0) is 4.74 Å². The Bertz CT molecular complexity index is 762. The van der Waals surface area contributed by atoms with Gasteiger partial charge in [0, 0.05) is 26.0 Å². The lowest BCUT2D eigenvalue weighted by molar-refractivity contribution is 0.0936. The van der Waals surface area contributed by atoms with Gasteiger partial charge in [0.15, 0.2) is 0 Å². The molecule has 0 spiro atoms. The third-order valence-corrected chi connectivity index (χ3v) is 3.35. The number of methoxy groups -OCH3 is 1. The Labute approximate surface area is 152 Å². The summed E-state index contributed by atoms with van der Waals surface area (Å²) < 4.78 is 10.6. The molecule has 0 aliphatic heterocycles. The number of para-hydroxylation sites is 2. The second-order valence-electron chi connectivity index (χ2n) is 5.83. The molecule has 0 aliphatic carbocycles. The molecule has 0 saturated carbocycles. The van der Waals surface area contributed by atoms with Gasteiger partial charge in [-0.1, -0.05) is 12.1 Å². The minimum Gasteiger partial charge on any atom is -0.489 e. The van der Waals surface area contributed by atoms with Crippen molar-refractivity contribution in [2.45, 2.75) is 20.0 Å². The number of aromatic nitrogens is 1. The molecule has 26 heavy (non-hydrogen) atoms. The first kappa shape index (κ1) is 19.4. The summed E-state index contributed by atoms with van der Waals surface area (Å²) in [7, 11) is 1.56. The van der Waals surface area contributed by atoms with Crippen LogP contribution in [0.3, 0.4) is 0 Å². The van der Waals surface area contributed by atoms with Crippen LogP contribution >= 0.6 is 0 Å². The lowest BCUT2D eigenvalue weighted by Crippen LogP contribution is -2.27. The molecule has 2 aromatic rings. The number of nitrogens with one attached hydrogen (secondary N) is 2. The highest BCUT2D eigenvalue weighted by molar-refractivity contribution is 6.06. The number of carbonyl (C=O) groups excluding carboxylic acids is 2. The Morgan fingerprint density at radius 1 is 1.12 bits per heavy atom. The summed E-state index contributed by atoms with van der Waals surface area (Å²) in [6, 6.07) is 8.68. The second kappa shape index (κ2) is 9.53. The van der Waals surface area contributed by atoms with Crippen LogP contribution < -0.4 is 15.4 Å². The van der Waals surface area contributed by atoms with Crippen molar-refractivity contribution in [1.82, 2.24) is 10.3 Å². The number of hydrogen-bond acceptors (Lipinski definition) is 5. The number of benzene rings is 1. The Morgan fingerprint density at radius 2 is 1.81 bits per heavy atom. The predicted molar refractivity (Wildman–Crippen MR) is 98.6 cm³/mol. The maximum Gasteiger partial charge on any atom is 0.257 e. The summed E-state index contributed by atoms with van der Waals surface area (Å²) in [5, 5.41) is 5.49. The van der Waals surface area contributed by atoms with Gasteiger partial charge in [-0.25, -0.2) is 0 Å². The fourth-order valence-electron chi connectivity index (χ4n) is 2.18. The average molecular weight is 357 g/mol. The summed E-state index contributed by atoms with van der Waals surface area (Å²) >= 11 is 0. The van der Waals surface area contributed by atoms with Crippen molar-refractivity contribution in [3.05, 3.63) is 53.9 Å². The van der Waals surface area contributed by atoms with E-state index in [4.69, 9.17) is 9.47 Å². The van der Waals surface area contributed by atoms with Crippen LogP contribution in [0.25, 0.3) is 0 Å². The van der Waals surface area contributed by atoms with Crippen LogP contribution in [0.1, 0.15) is 34.6 Å². The van der Waals surface area contributed by atoms with Crippen molar-refractivity contribution >= 4 is 17.5 Å². The van der Waals surface area contributed by atoms with Gasteiger partial charge in [-0.3, -0.25) is 14.6 Å². The number of rotatable bonds is 8. The van der Waals surface area contributed by atoms with E-state index >= 15 is 0 Å². The van der Waals surface area contributed by atoms with Crippen molar-refractivity contribution in [3.63, 3.8) is 0 Å². The molecule has 2 amide bonds. The summed E-state index contributed by atoms with van der Waals surface area (Å²) in [6.07, 6.45) is 2.80. The highest BCUT2D eigenvalue weighted by atomic mass is 16.5. The summed E-state index contributed by atoms with van der Waals surface area (Å²) in [4.78, 5) is 28.6. The number of amides is 2. The maximum absolute atomic E-state index is 12.5. The number of ether oxygens (including phenoxy) is 2. The third kappa shape index (κ3) is 5.56. The van der Waals surface area contributed by atoms with Gasteiger partial charge in [0.05, 0.1) is 29.5 Å². The molecule has 1 aromatic heterocycles. The van der Waals surface area contributed by atoms with Gasteiger partial charge in [-0.2, -0.15) is 0 Å². The van der Waals surface area contributed by atoms with E-state index in [1.165, 1.54) is 18.5 Å². The first-order valence-corrected chi connectivity index (χ1v) is 8.30. The molecule has 1 heterocycles. The van der Waals surface area contributed by atoms with Crippen LogP contribution in [0.15, 0.2) is 42.7 Å². The molecule has 0 bridgehead atoms. The Kier molecular flexibility index (Phi) is 7.11. The molecule has 138 valence electrons. The standard InChI is InChI=1S/C19H23N3O4/c1-13(2)26-17-7-5-4-6-16(17)22-19(24)15-10-14(11-20-12-15)18(23)21-8-9-25-3/h4-7,10-13H,8-9H2,1-3H3,(H,21,23)(H,22,24).